The molecule has 7 heteroatoms. The van der Waals surface area contributed by atoms with Crippen molar-refractivity contribution in [3.05, 3.63) is 34.9 Å². The largest absolute Gasteiger partial charge is 0.378 e. The van der Waals surface area contributed by atoms with E-state index in [-0.39, 0.29) is 6.10 Å². The number of hydrogen-bond donors (Lipinski definition) is 0. The predicted octanol–water partition coefficient (Wildman–Crippen LogP) is 2.52. The zero-order valence-corrected chi connectivity index (χ0v) is 14.6. The molecule has 0 aromatic heterocycles. The van der Waals surface area contributed by atoms with E-state index in [1.165, 1.54) is 4.31 Å². The van der Waals surface area contributed by atoms with Crippen LogP contribution in [0.15, 0.2) is 24.3 Å². The van der Waals surface area contributed by atoms with Gasteiger partial charge in [0.1, 0.15) is 0 Å². The molecule has 0 aliphatic carbocycles. The minimum Gasteiger partial charge on any atom is -0.378 e. The Labute approximate surface area is 138 Å². The van der Waals surface area contributed by atoms with Gasteiger partial charge in [-0.05, 0) is 37.5 Å². The zero-order chi connectivity index (χ0) is 16.2. The minimum absolute atomic E-state index is 0.179. The molecule has 0 bridgehead atoms. The number of halogens is 1. The Kier molecular flexibility index (Phi) is 6.23. The summed E-state index contributed by atoms with van der Waals surface area (Å²) in [5, 5.41) is 0.646. The van der Waals surface area contributed by atoms with Gasteiger partial charge >= 0.3 is 0 Å². The molecule has 1 heterocycles. The first-order valence-electron chi connectivity index (χ1n) is 7.51. The van der Waals surface area contributed by atoms with Crippen LogP contribution in [0.4, 0.5) is 0 Å². The molecule has 2 rings (SSSR count). The second-order valence-corrected chi connectivity index (χ2v) is 7.92. The second-order valence-electron chi connectivity index (χ2n) is 5.44. The van der Waals surface area contributed by atoms with Crippen LogP contribution in [0.2, 0.25) is 5.02 Å². The van der Waals surface area contributed by atoms with Crippen LogP contribution in [0.3, 0.4) is 0 Å². The van der Waals surface area contributed by atoms with E-state index >= 15 is 0 Å². The summed E-state index contributed by atoms with van der Waals surface area (Å²) in [6.07, 6.45) is 1.68. The van der Waals surface area contributed by atoms with Crippen molar-refractivity contribution >= 4 is 21.8 Å². The van der Waals surface area contributed by atoms with E-state index in [9.17, 15) is 8.42 Å². The van der Waals surface area contributed by atoms with E-state index in [2.05, 4.69) is 0 Å². The Morgan fingerprint density at radius 1 is 1.27 bits per heavy atom. The lowest BCUT2D eigenvalue weighted by molar-refractivity contribution is 0.0282. The summed E-state index contributed by atoms with van der Waals surface area (Å²) < 4.78 is 33.7. The van der Waals surface area contributed by atoms with Gasteiger partial charge in [-0.3, -0.25) is 0 Å². The van der Waals surface area contributed by atoms with Crippen molar-refractivity contribution in [1.29, 1.82) is 0 Å². The molecule has 0 radical (unpaired) electrons. The van der Waals surface area contributed by atoms with Crippen LogP contribution in [0.25, 0.3) is 0 Å². The summed E-state index contributed by atoms with van der Waals surface area (Å²) in [5.41, 5.74) is 0.916. The topological polar surface area (TPSA) is 49.9 Å². The fraction of sp³-hybridized carbons (Fsp3) is 0.600. The zero-order valence-electron chi connectivity index (χ0n) is 13.0. The van der Waals surface area contributed by atoms with Gasteiger partial charge in [-0.2, -0.15) is 17.0 Å². The first kappa shape index (κ1) is 17.7. The average molecular weight is 347 g/mol. The van der Waals surface area contributed by atoms with Crippen LogP contribution in [-0.4, -0.2) is 49.9 Å². The van der Waals surface area contributed by atoms with E-state index < -0.39 is 10.2 Å². The average Bonchev–Trinajstić information content (AvgIpc) is 2.50. The van der Waals surface area contributed by atoms with Gasteiger partial charge in [0.05, 0.1) is 6.10 Å². The summed E-state index contributed by atoms with van der Waals surface area (Å²) in [6.45, 7) is 4.00. The second kappa shape index (κ2) is 7.75. The molecule has 1 aliphatic heterocycles. The molecule has 0 amide bonds. The van der Waals surface area contributed by atoms with Crippen molar-refractivity contribution in [3.63, 3.8) is 0 Å². The van der Waals surface area contributed by atoms with Crippen molar-refractivity contribution < 1.29 is 13.2 Å². The SMILES string of the molecule is CCOC1CCN(S(=O)(=O)N(C)Cc2ccc(Cl)cc2)CC1. The molecule has 1 aliphatic rings. The molecule has 5 nitrogen and oxygen atoms in total. The Balaban J connectivity index is 1.96. The molecule has 0 saturated carbocycles. The highest BCUT2D eigenvalue weighted by molar-refractivity contribution is 7.86. The monoisotopic (exact) mass is 346 g/mol. The number of piperidine rings is 1. The smallest absolute Gasteiger partial charge is 0.282 e. The van der Waals surface area contributed by atoms with Crippen LogP contribution >= 0.6 is 11.6 Å². The van der Waals surface area contributed by atoms with Crippen molar-refractivity contribution in [3.8, 4) is 0 Å². The highest BCUT2D eigenvalue weighted by atomic mass is 35.5. The third-order valence-electron chi connectivity index (χ3n) is 3.84. The van der Waals surface area contributed by atoms with Gasteiger partial charge in [-0.15, -0.1) is 0 Å². The Hall–Kier alpha value is -0.660. The highest BCUT2D eigenvalue weighted by Crippen LogP contribution is 2.20. The Morgan fingerprint density at radius 2 is 1.86 bits per heavy atom. The maximum atomic E-state index is 12.6. The van der Waals surface area contributed by atoms with Gasteiger partial charge in [0, 0.05) is 38.3 Å². The fourth-order valence-electron chi connectivity index (χ4n) is 2.59. The van der Waals surface area contributed by atoms with Gasteiger partial charge in [-0.1, -0.05) is 23.7 Å². The Morgan fingerprint density at radius 3 is 2.41 bits per heavy atom. The third-order valence-corrected chi connectivity index (χ3v) is 6.03. The summed E-state index contributed by atoms with van der Waals surface area (Å²) in [7, 11) is -1.82. The molecular formula is C15H23ClN2O3S. The molecule has 0 N–H and O–H groups in total. The van der Waals surface area contributed by atoms with Crippen molar-refractivity contribution in [1.82, 2.24) is 8.61 Å². The first-order chi connectivity index (χ1) is 10.4. The number of ether oxygens (including phenoxy) is 1. The van der Waals surface area contributed by atoms with Gasteiger partial charge < -0.3 is 4.74 Å². The maximum Gasteiger partial charge on any atom is 0.282 e. The lowest BCUT2D eigenvalue weighted by atomic mass is 10.1. The molecule has 22 heavy (non-hydrogen) atoms. The van der Waals surface area contributed by atoms with Crippen molar-refractivity contribution in [2.75, 3.05) is 26.7 Å². The summed E-state index contributed by atoms with van der Waals surface area (Å²) in [4.78, 5) is 0. The van der Waals surface area contributed by atoms with Gasteiger partial charge in [0.2, 0.25) is 0 Å². The fourth-order valence-corrected chi connectivity index (χ4v) is 4.10. The highest BCUT2D eigenvalue weighted by Gasteiger charge is 2.31. The summed E-state index contributed by atoms with van der Waals surface area (Å²) in [6, 6.07) is 7.22. The number of rotatable bonds is 6. The molecule has 0 unspecified atom stereocenters. The molecule has 1 saturated heterocycles. The molecule has 1 aromatic carbocycles. The van der Waals surface area contributed by atoms with Crippen LogP contribution in [0, 0.1) is 0 Å². The molecular weight excluding hydrogens is 324 g/mol. The van der Waals surface area contributed by atoms with E-state index in [0.29, 0.717) is 31.3 Å². The lowest BCUT2D eigenvalue weighted by Gasteiger charge is -2.33. The molecule has 1 fully saturated rings. The quantitative estimate of drug-likeness (QED) is 0.795. The molecule has 1 aromatic rings. The van der Waals surface area contributed by atoms with E-state index in [0.717, 1.165) is 18.4 Å². The molecule has 124 valence electrons. The van der Waals surface area contributed by atoms with E-state index in [4.69, 9.17) is 16.3 Å². The standard InChI is InChI=1S/C15H23ClN2O3S/c1-3-21-15-8-10-18(11-9-15)22(19,20)17(2)12-13-4-6-14(16)7-5-13/h4-7,15H,3,8-12H2,1-2H3. The molecule has 0 atom stereocenters. The molecule has 0 spiro atoms. The first-order valence-corrected chi connectivity index (χ1v) is 9.28. The number of hydrogen-bond acceptors (Lipinski definition) is 3. The number of benzene rings is 1. The van der Waals surface area contributed by atoms with Gasteiger partial charge in [0.15, 0.2) is 0 Å². The van der Waals surface area contributed by atoms with Crippen molar-refractivity contribution in [2.45, 2.75) is 32.4 Å². The number of nitrogens with zero attached hydrogens (tertiary/aromatic N) is 2. The van der Waals surface area contributed by atoms with Crippen LogP contribution in [-0.2, 0) is 21.5 Å². The third kappa shape index (κ3) is 4.43. The van der Waals surface area contributed by atoms with Gasteiger partial charge in [0.25, 0.3) is 10.2 Å². The van der Waals surface area contributed by atoms with E-state index in [1.807, 2.05) is 19.1 Å². The Bertz CT molecular complexity index is 569. The van der Waals surface area contributed by atoms with Gasteiger partial charge in [-0.25, -0.2) is 0 Å². The summed E-state index contributed by atoms with van der Waals surface area (Å²) in [5.74, 6) is 0. The van der Waals surface area contributed by atoms with E-state index in [1.54, 1.807) is 23.5 Å². The predicted molar refractivity (Wildman–Crippen MR) is 88.1 cm³/mol. The lowest BCUT2D eigenvalue weighted by Crippen LogP contribution is -2.46. The maximum absolute atomic E-state index is 12.6. The normalized spacial score (nSPS) is 18.0. The van der Waals surface area contributed by atoms with Crippen LogP contribution in [0.1, 0.15) is 25.3 Å². The van der Waals surface area contributed by atoms with Crippen LogP contribution in [0.5, 0.6) is 0 Å². The van der Waals surface area contributed by atoms with Crippen molar-refractivity contribution in [2.24, 2.45) is 0 Å². The van der Waals surface area contributed by atoms with Crippen LogP contribution < -0.4 is 0 Å². The summed E-state index contributed by atoms with van der Waals surface area (Å²) >= 11 is 5.85. The minimum atomic E-state index is -3.43.